The summed E-state index contributed by atoms with van der Waals surface area (Å²) in [6.07, 6.45) is 2.73. The monoisotopic (exact) mass is 197 g/mol. The van der Waals surface area contributed by atoms with Crippen molar-refractivity contribution in [3.05, 3.63) is 47.8 Å². The number of benzene rings is 1. The number of aromatic nitrogens is 2. The van der Waals surface area contributed by atoms with Crippen molar-refractivity contribution in [2.24, 2.45) is 0 Å². The van der Waals surface area contributed by atoms with Gasteiger partial charge in [-0.15, -0.1) is 0 Å². The average molecular weight is 197 g/mol. The predicted octanol–water partition coefficient (Wildman–Crippen LogP) is 2.31. The summed E-state index contributed by atoms with van der Waals surface area (Å²) in [5.74, 6) is 0. The zero-order chi connectivity index (χ0) is 10.7. The highest BCUT2D eigenvalue weighted by Crippen LogP contribution is 2.11. The van der Waals surface area contributed by atoms with Crippen LogP contribution in [0.5, 0.6) is 0 Å². The number of rotatable bonds is 2. The summed E-state index contributed by atoms with van der Waals surface area (Å²) in [4.78, 5) is 0. The summed E-state index contributed by atoms with van der Waals surface area (Å²) < 4.78 is 1.89. The van der Waals surface area contributed by atoms with Gasteiger partial charge in [-0.1, -0.05) is 6.92 Å². The number of nitriles is 1. The van der Waals surface area contributed by atoms with E-state index in [1.807, 2.05) is 22.9 Å². The fraction of sp³-hybridized carbons (Fsp3) is 0.167. The maximum absolute atomic E-state index is 8.69. The third kappa shape index (κ3) is 1.75. The highest BCUT2D eigenvalue weighted by atomic mass is 15.3. The summed E-state index contributed by atoms with van der Waals surface area (Å²) in [7, 11) is 0. The van der Waals surface area contributed by atoms with Crippen molar-refractivity contribution < 1.29 is 0 Å². The van der Waals surface area contributed by atoms with Crippen molar-refractivity contribution >= 4 is 0 Å². The van der Waals surface area contributed by atoms with Crippen LogP contribution in [0.1, 0.15) is 18.2 Å². The van der Waals surface area contributed by atoms with Crippen LogP contribution in [-0.2, 0) is 6.42 Å². The van der Waals surface area contributed by atoms with E-state index in [-0.39, 0.29) is 0 Å². The van der Waals surface area contributed by atoms with E-state index in [1.54, 1.807) is 18.3 Å². The van der Waals surface area contributed by atoms with Gasteiger partial charge in [0, 0.05) is 11.9 Å². The highest BCUT2D eigenvalue weighted by Gasteiger charge is 2.02. The molecule has 1 aromatic heterocycles. The minimum Gasteiger partial charge on any atom is -0.238 e. The second-order valence-corrected chi connectivity index (χ2v) is 3.25. The van der Waals surface area contributed by atoms with Crippen molar-refractivity contribution in [2.75, 3.05) is 0 Å². The fourth-order valence-corrected chi connectivity index (χ4v) is 1.51. The molecule has 0 radical (unpaired) electrons. The number of hydrogen-bond donors (Lipinski definition) is 0. The van der Waals surface area contributed by atoms with Crippen LogP contribution < -0.4 is 0 Å². The van der Waals surface area contributed by atoms with E-state index in [2.05, 4.69) is 18.1 Å². The van der Waals surface area contributed by atoms with Gasteiger partial charge in [0.2, 0.25) is 0 Å². The van der Waals surface area contributed by atoms with E-state index in [9.17, 15) is 0 Å². The van der Waals surface area contributed by atoms with Gasteiger partial charge in [-0.05, 0) is 36.8 Å². The number of hydrogen-bond acceptors (Lipinski definition) is 2. The van der Waals surface area contributed by atoms with E-state index in [0.717, 1.165) is 12.1 Å². The van der Waals surface area contributed by atoms with Gasteiger partial charge in [-0.25, -0.2) is 4.68 Å². The van der Waals surface area contributed by atoms with Crippen molar-refractivity contribution in [2.45, 2.75) is 13.3 Å². The van der Waals surface area contributed by atoms with Crippen LogP contribution in [0.2, 0.25) is 0 Å². The summed E-state index contributed by atoms with van der Waals surface area (Å²) >= 11 is 0. The Morgan fingerprint density at radius 3 is 2.60 bits per heavy atom. The lowest BCUT2D eigenvalue weighted by Gasteiger charge is -2.05. The standard InChI is InChI=1S/C12H11N3/c1-2-11-7-8-14-15(11)12-5-3-10(9-13)4-6-12/h3-8H,2H2,1H3. The first-order valence-electron chi connectivity index (χ1n) is 4.88. The van der Waals surface area contributed by atoms with Gasteiger partial charge in [0.25, 0.3) is 0 Å². The molecule has 0 N–H and O–H groups in total. The lowest BCUT2D eigenvalue weighted by Crippen LogP contribution is -2.00. The van der Waals surface area contributed by atoms with E-state index < -0.39 is 0 Å². The Morgan fingerprint density at radius 1 is 1.27 bits per heavy atom. The second-order valence-electron chi connectivity index (χ2n) is 3.25. The minimum absolute atomic E-state index is 0.670. The third-order valence-corrected chi connectivity index (χ3v) is 2.32. The van der Waals surface area contributed by atoms with E-state index in [0.29, 0.717) is 5.56 Å². The molecule has 0 aliphatic heterocycles. The maximum Gasteiger partial charge on any atom is 0.0991 e. The minimum atomic E-state index is 0.670. The molecule has 0 fully saturated rings. The summed E-state index contributed by atoms with van der Waals surface area (Å²) in [5.41, 5.74) is 2.83. The zero-order valence-electron chi connectivity index (χ0n) is 8.51. The largest absolute Gasteiger partial charge is 0.238 e. The van der Waals surface area contributed by atoms with Gasteiger partial charge in [-0.2, -0.15) is 10.4 Å². The van der Waals surface area contributed by atoms with Gasteiger partial charge in [0.15, 0.2) is 0 Å². The molecule has 0 unspecified atom stereocenters. The highest BCUT2D eigenvalue weighted by molar-refractivity contribution is 5.39. The molecule has 3 nitrogen and oxygen atoms in total. The van der Waals surface area contributed by atoms with Crippen LogP contribution in [0.3, 0.4) is 0 Å². The molecule has 0 saturated carbocycles. The van der Waals surface area contributed by atoms with Crippen LogP contribution in [0, 0.1) is 11.3 Å². The van der Waals surface area contributed by atoms with Crippen LogP contribution in [0.15, 0.2) is 36.5 Å². The van der Waals surface area contributed by atoms with E-state index in [4.69, 9.17) is 5.26 Å². The second kappa shape index (κ2) is 3.97. The summed E-state index contributed by atoms with van der Waals surface area (Å²) in [6.45, 7) is 2.09. The molecule has 0 spiro atoms. The fourth-order valence-electron chi connectivity index (χ4n) is 1.51. The molecule has 0 aliphatic carbocycles. The van der Waals surface area contributed by atoms with Crippen LogP contribution >= 0.6 is 0 Å². The Labute approximate surface area is 88.6 Å². The quantitative estimate of drug-likeness (QED) is 0.741. The van der Waals surface area contributed by atoms with Crippen molar-refractivity contribution in [1.29, 1.82) is 5.26 Å². The first-order valence-corrected chi connectivity index (χ1v) is 4.88. The van der Waals surface area contributed by atoms with Gasteiger partial charge in [0.1, 0.15) is 0 Å². The predicted molar refractivity (Wildman–Crippen MR) is 57.7 cm³/mol. The maximum atomic E-state index is 8.69. The summed E-state index contributed by atoms with van der Waals surface area (Å²) in [5, 5.41) is 12.9. The molecule has 0 atom stereocenters. The van der Waals surface area contributed by atoms with Gasteiger partial charge < -0.3 is 0 Å². The van der Waals surface area contributed by atoms with Crippen LogP contribution in [-0.4, -0.2) is 9.78 Å². The van der Waals surface area contributed by atoms with Crippen molar-refractivity contribution in [3.63, 3.8) is 0 Å². The number of aryl methyl sites for hydroxylation is 1. The molecule has 15 heavy (non-hydrogen) atoms. The molecule has 1 aromatic carbocycles. The van der Waals surface area contributed by atoms with Crippen LogP contribution in [0.25, 0.3) is 5.69 Å². The lowest BCUT2D eigenvalue weighted by atomic mass is 10.2. The Hall–Kier alpha value is -2.08. The summed E-state index contributed by atoms with van der Waals surface area (Å²) in [6, 6.07) is 11.5. The zero-order valence-corrected chi connectivity index (χ0v) is 8.51. The molecule has 0 amide bonds. The molecule has 2 rings (SSSR count). The SMILES string of the molecule is CCc1ccnn1-c1ccc(C#N)cc1. The molecular formula is C12H11N3. The Balaban J connectivity index is 2.42. The molecule has 1 heterocycles. The first-order chi connectivity index (χ1) is 7.35. The van der Waals surface area contributed by atoms with Gasteiger partial charge in [0.05, 0.1) is 17.3 Å². The third-order valence-electron chi connectivity index (χ3n) is 2.32. The van der Waals surface area contributed by atoms with Crippen LogP contribution in [0.4, 0.5) is 0 Å². The smallest absolute Gasteiger partial charge is 0.0991 e. The number of nitrogens with zero attached hydrogens (tertiary/aromatic N) is 3. The van der Waals surface area contributed by atoms with Gasteiger partial charge >= 0.3 is 0 Å². The molecule has 74 valence electrons. The Morgan fingerprint density at radius 2 is 2.00 bits per heavy atom. The average Bonchev–Trinajstić information content (AvgIpc) is 2.77. The van der Waals surface area contributed by atoms with Gasteiger partial charge in [-0.3, -0.25) is 0 Å². The van der Waals surface area contributed by atoms with E-state index >= 15 is 0 Å². The Bertz CT molecular complexity index is 488. The molecular weight excluding hydrogens is 186 g/mol. The molecule has 2 aromatic rings. The first kappa shape index (κ1) is 9.47. The molecule has 3 heteroatoms. The molecule has 0 bridgehead atoms. The normalized spacial score (nSPS) is 9.87. The molecule has 0 saturated heterocycles. The molecule has 0 aliphatic rings. The van der Waals surface area contributed by atoms with E-state index in [1.165, 1.54) is 5.69 Å². The Kier molecular flexibility index (Phi) is 2.51. The lowest BCUT2D eigenvalue weighted by molar-refractivity contribution is 0.814. The topological polar surface area (TPSA) is 41.6 Å². The van der Waals surface area contributed by atoms with Crippen molar-refractivity contribution in [3.8, 4) is 11.8 Å². The van der Waals surface area contributed by atoms with Crippen molar-refractivity contribution in [1.82, 2.24) is 9.78 Å².